The molecule has 0 saturated heterocycles. The quantitative estimate of drug-likeness (QED) is 0.757. The van der Waals surface area contributed by atoms with Gasteiger partial charge in [-0.25, -0.2) is 0 Å². The lowest BCUT2D eigenvalue weighted by Gasteiger charge is -2.20. The largest absolute Gasteiger partial charge is 0.307 e. The van der Waals surface area contributed by atoms with Crippen molar-refractivity contribution in [3.63, 3.8) is 0 Å². The number of hydrogen-bond donors (Lipinski definition) is 1. The van der Waals surface area contributed by atoms with Gasteiger partial charge in [-0.3, -0.25) is 0 Å². The van der Waals surface area contributed by atoms with Crippen LogP contribution in [0.5, 0.6) is 0 Å². The second-order valence-electron chi connectivity index (χ2n) is 5.20. The van der Waals surface area contributed by atoms with Gasteiger partial charge >= 0.3 is 0 Å². The van der Waals surface area contributed by atoms with E-state index in [-0.39, 0.29) is 0 Å². The number of fused-ring (bicyclic) bond motifs is 1. The molecule has 1 heteroatoms. The fraction of sp³-hybridized carbons (Fsp3) is 0.500. The smallest absolute Gasteiger partial charge is 0.0294 e. The van der Waals surface area contributed by atoms with Gasteiger partial charge in [-0.2, -0.15) is 0 Å². The zero-order valence-electron chi connectivity index (χ0n) is 11.0. The summed E-state index contributed by atoms with van der Waals surface area (Å²) in [6, 6.07) is 7.91. The average Bonchev–Trinajstić information content (AvgIpc) is 2.75. The van der Waals surface area contributed by atoms with Crippen molar-refractivity contribution in [2.75, 3.05) is 0 Å². The van der Waals surface area contributed by atoms with Crippen LogP contribution in [-0.4, -0.2) is 6.04 Å². The van der Waals surface area contributed by atoms with Crippen molar-refractivity contribution < 1.29 is 0 Å². The normalized spacial score (nSPS) is 17.5. The van der Waals surface area contributed by atoms with Crippen LogP contribution >= 0.6 is 0 Å². The first-order chi connectivity index (χ1) is 8.20. The minimum absolute atomic E-state index is 0.427. The van der Waals surface area contributed by atoms with E-state index < -0.39 is 0 Å². The maximum Gasteiger partial charge on any atom is 0.0294 e. The van der Waals surface area contributed by atoms with E-state index in [1.807, 2.05) is 6.08 Å². The van der Waals surface area contributed by atoms with E-state index in [4.69, 9.17) is 0 Å². The zero-order chi connectivity index (χ0) is 12.3. The summed E-state index contributed by atoms with van der Waals surface area (Å²) in [7, 11) is 0. The molecule has 1 aliphatic rings. The third-order valence-corrected chi connectivity index (χ3v) is 3.68. The van der Waals surface area contributed by atoms with Crippen molar-refractivity contribution in [3.05, 3.63) is 47.5 Å². The lowest BCUT2D eigenvalue weighted by Crippen LogP contribution is -2.28. The molecule has 1 aliphatic carbocycles. The van der Waals surface area contributed by atoms with E-state index in [0.29, 0.717) is 12.1 Å². The summed E-state index contributed by atoms with van der Waals surface area (Å²) in [4.78, 5) is 0. The van der Waals surface area contributed by atoms with E-state index in [9.17, 15) is 0 Å². The molecule has 17 heavy (non-hydrogen) atoms. The Kier molecular flexibility index (Phi) is 4.01. The standard InChI is InChI=1S/C16H23N/c1-4-6-12(2)17-13(3)15-10-9-14-7-5-8-16(14)11-15/h4,9-13,17H,1,5-8H2,2-3H3. The highest BCUT2D eigenvalue weighted by Crippen LogP contribution is 2.25. The fourth-order valence-corrected chi connectivity index (χ4v) is 2.70. The third kappa shape index (κ3) is 2.98. The lowest BCUT2D eigenvalue weighted by molar-refractivity contribution is 0.482. The van der Waals surface area contributed by atoms with Gasteiger partial charge in [0.05, 0.1) is 0 Å². The molecule has 2 unspecified atom stereocenters. The predicted octanol–water partition coefficient (Wildman–Crippen LogP) is 3.79. The molecule has 92 valence electrons. The SMILES string of the molecule is C=CCC(C)NC(C)c1ccc2c(c1)CCC2. The molecule has 0 aliphatic heterocycles. The number of nitrogens with one attached hydrogen (secondary N) is 1. The second kappa shape index (κ2) is 5.50. The van der Waals surface area contributed by atoms with Crippen LogP contribution in [0.1, 0.15) is 49.4 Å². The van der Waals surface area contributed by atoms with Gasteiger partial charge in [0.1, 0.15) is 0 Å². The molecule has 2 rings (SSSR count). The molecule has 1 nitrogen and oxygen atoms in total. The van der Waals surface area contributed by atoms with Gasteiger partial charge in [-0.05, 0) is 56.2 Å². The first-order valence-corrected chi connectivity index (χ1v) is 6.69. The highest BCUT2D eigenvalue weighted by molar-refractivity contribution is 5.36. The molecule has 1 aromatic carbocycles. The summed E-state index contributed by atoms with van der Waals surface area (Å²) in [6.45, 7) is 8.25. The summed E-state index contributed by atoms with van der Waals surface area (Å²) >= 11 is 0. The molecule has 0 spiro atoms. The van der Waals surface area contributed by atoms with Gasteiger partial charge in [-0.1, -0.05) is 24.3 Å². The third-order valence-electron chi connectivity index (χ3n) is 3.68. The number of aryl methyl sites for hydroxylation is 2. The van der Waals surface area contributed by atoms with Crippen molar-refractivity contribution in [1.29, 1.82) is 0 Å². The molecular weight excluding hydrogens is 206 g/mol. The van der Waals surface area contributed by atoms with E-state index in [1.54, 1.807) is 11.1 Å². The number of hydrogen-bond acceptors (Lipinski definition) is 1. The van der Waals surface area contributed by atoms with Crippen molar-refractivity contribution in [2.45, 2.75) is 51.6 Å². The summed E-state index contributed by atoms with van der Waals surface area (Å²) < 4.78 is 0. The summed E-state index contributed by atoms with van der Waals surface area (Å²) in [5.41, 5.74) is 4.54. The molecule has 0 amide bonds. The van der Waals surface area contributed by atoms with Crippen molar-refractivity contribution in [2.24, 2.45) is 0 Å². The summed E-state index contributed by atoms with van der Waals surface area (Å²) in [5, 5.41) is 3.62. The van der Waals surface area contributed by atoms with Crippen LogP contribution in [0.2, 0.25) is 0 Å². The van der Waals surface area contributed by atoms with E-state index in [1.165, 1.54) is 24.8 Å². The molecule has 0 bridgehead atoms. The first kappa shape index (κ1) is 12.4. The average molecular weight is 229 g/mol. The van der Waals surface area contributed by atoms with Crippen molar-refractivity contribution in [3.8, 4) is 0 Å². The molecule has 0 aromatic heterocycles. The Labute approximate surface area is 105 Å². The maximum atomic E-state index is 3.79. The molecule has 0 saturated carbocycles. The summed E-state index contributed by atoms with van der Waals surface area (Å²) in [6.07, 6.45) is 6.86. The highest BCUT2D eigenvalue weighted by Gasteiger charge is 2.14. The number of rotatable bonds is 5. The van der Waals surface area contributed by atoms with Crippen LogP contribution in [0.15, 0.2) is 30.9 Å². The van der Waals surface area contributed by atoms with Crippen LogP contribution in [0.4, 0.5) is 0 Å². The van der Waals surface area contributed by atoms with Crippen LogP contribution < -0.4 is 5.32 Å². The van der Waals surface area contributed by atoms with Gasteiger partial charge < -0.3 is 5.32 Å². The fourth-order valence-electron chi connectivity index (χ4n) is 2.70. The topological polar surface area (TPSA) is 12.0 Å². The van der Waals surface area contributed by atoms with Gasteiger partial charge in [0.2, 0.25) is 0 Å². The van der Waals surface area contributed by atoms with Crippen molar-refractivity contribution >= 4 is 0 Å². The molecule has 0 radical (unpaired) electrons. The molecule has 0 fully saturated rings. The minimum Gasteiger partial charge on any atom is -0.307 e. The molecule has 1 aromatic rings. The minimum atomic E-state index is 0.427. The Morgan fingerprint density at radius 3 is 2.82 bits per heavy atom. The van der Waals surface area contributed by atoms with Crippen LogP contribution in [0, 0.1) is 0 Å². The predicted molar refractivity (Wildman–Crippen MR) is 74.3 cm³/mol. The summed E-state index contributed by atoms with van der Waals surface area (Å²) in [5.74, 6) is 0. The van der Waals surface area contributed by atoms with Gasteiger partial charge in [0.25, 0.3) is 0 Å². The molecular formula is C16H23N. The Hall–Kier alpha value is -1.08. The maximum absolute atomic E-state index is 3.79. The first-order valence-electron chi connectivity index (χ1n) is 6.69. The molecule has 1 N–H and O–H groups in total. The Balaban J connectivity index is 2.04. The lowest BCUT2D eigenvalue weighted by atomic mass is 10.0. The van der Waals surface area contributed by atoms with Crippen LogP contribution in [-0.2, 0) is 12.8 Å². The van der Waals surface area contributed by atoms with Gasteiger partial charge in [0, 0.05) is 12.1 Å². The Morgan fingerprint density at radius 1 is 1.29 bits per heavy atom. The van der Waals surface area contributed by atoms with E-state index in [0.717, 1.165) is 6.42 Å². The van der Waals surface area contributed by atoms with Gasteiger partial charge in [-0.15, -0.1) is 6.58 Å². The van der Waals surface area contributed by atoms with Gasteiger partial charge in [0.15, 0.2) is 0 Å². The number of benzene rings is 1. The van der Waals surface area contributed by atoms with Crippen LogP contribution in [0.3, 0.4) is 0 Å². The van der Waals surface area contributed by atoms with E-state index >= 15 is 0 Å². The molecule has 0 heterocycles. The highest BCUT2D eigenvalue weighted by atomic mass is 14.9. The van der Waals surface area contributed by atoms with Crippen LogP contribution in [0.25, 0.3) is 0 Å². The van der Waals surface area contributed by atoms with Crippen molar-refractivity contribution in [1.82, 2.24) is 5.32 Å². The second-order valence-corrected chi connectivity index (χ2v) is 5.20. The zero-order valence-corrected chi connectivity index (χ0v) is 11.0. The Morgan fingerprint density at radius 2 is 2.06 bits per heavy atom. The monoisotopic (exact) mass is 229 g/mol. The Bertz CT molecular complexity index is 395. The molecule has 2 atom stereocenters. The van der Waals surface area contributed by atoms with E-state index in [2.05, 4.69) is 43.9 Å².